The van der Waals surface area contributed by atoms with E-state index in [-0.39, 0.29) is 11.4 Å². The molecular weight excluding hydrogens is 308 g/mol. The lowest BCUT2D eigenvalue weighted by Crippen LogP contribution is -3.00. The van der Waals surface area contributed by atoms with Gasteiger partial charge in [-0.25, -0.2) is 4.79 Å². The number of aliphatic hydroxyl groups excluding tert-OH is 1. The summed E-state index contributed by atoms with van der Waals surface area (Å²) in [5.41, 5.74) is 0.178. The van der Waals surface area contributed by atoms with Gasteiger partial charge in [-0.2, -0.15) is 0 Å². The molecule has 0 saturated carbocycles. The second kappa shape index (κ2) is 7.72. The van der Waals surface area contributed by atoms with E-state index in [1.165, 1.54) is 6.07 Å². The fourth-order valence-electron chi connectivity index (χ4n) is 2.07. The highest BCUT2D eigenvalue weighted by atomic mass is 16.4. The third kappa shape index (κ3) is 4.41. The zero-order valence-electron chi connectivity index (χ0n) is 13.9. The number of hydrogen-bond donors (Lipinski definition) is 3. The van der Waals surface area contributed by atoms with Gasteiger partial charge in [0.25, 0.3) is 5.91 Å². The van der Waals surface area contributed by atoms with Crippen LogP contribution in [0.4, 0.5) is 5.69 Å². The molecule has 24 heavy (non-hydrogen) atoms. The van der Waals surface area contributed by atoms with Gasteiger partial charge >= 0.3 is 5.63 Å². The first-order valence-electron chi connectivity index (χ1n) is 7.59. The maximum Gasteiger partial charge on any atom is 0.360 e. The Hall–Kier alpha value is -2.70. The van der Waals surface area contributed by atoms with E-state index < -0.39 is 17.6 Å². The standard InChI is InChI=1S/C18H20N2O4/c1-12(21)14-11-15(18(23)24-16(14)9-10-20(2)3)19-17(22)13-7-5-4-6-8-13/h4-12,21H,1-3H3,(H,19,22)/p+1/b10-9+/t12-/m0/s1. The van der Waals surface area contributed by atoms with Crippen LogP contribution in [0.2, 0.25) is 0 Å². The molecule has 1 amide bonds. The zero-order chi connectivity index (χ0) is 17.7. The van der Waals surface area contributed by atoms with Crippen molar-refractivity contribution in [1.82, 2.24) is 0 Å². The van der Waals surface area contributed by atoms with Crippen LogP contribution in [0.15, 0.2) is 51.8 Å². The molecule has 0 radical (unpaired) electrons. The van der Waals surface area contributed by atoms with E-state index in [4.69, 9.17) is 4.42 Å². The van der Waals surface area contributed by atoms with Crippen LogP contribution in [0.25, 0.3) is 6.08 Å². The van der Waals surface area contributed by atoms with Crippen molar-refractivity contribution in [2.75, 3.05) is 19.4 Å². The maximum absolute atomic E-state index is 12.2. The van der Waals surface area contributed by atoms with Gasteiger partial charge in [0.15, 0.2) is 0 Å². The molecule has 6 nitrogen and oxygen atoms in total. The average molecular weight is 329 g/mol. The van der Waals surface area contributed by atoms with Gasteiger partial charge in [-0.05, 0) is 25.1 Å². The molecule has 0 aliphatic rings. The fraction of sp³-hybridized carbons (Fsp3) is 0.222. The van der Waals surface area contributed by atoms with E-state index in [9.17, 15) is 14.7 Å². The normalized spacial score (nSPS) is 12.5. The molecule has 0 bridgehead atoms. The third-order valence-corrected chi connectivity index (χ3v) is 3.31. The second-order valence-electron chi connectivity index (χ2n) is 5.67. The first-order valence-corrected chi connectivity index (χ1v) is 7.59. The van der Waals surface area contributed by atoms with E-state index in [1.807, 2.05) is 14.1 Å². The van der Waals surface area contributed by atoms with Crippen LogP contribution in [0.5, 0.6) is 0 Å². The highest BCUT2D eigenvalue weighted by Gasteiger charge is 2.16. The number of carbonyl (C=O) groups is 1. The lowest BCUT2D eigenvalue weighted by Gasteiger charge is -2.11. The Bertz CT molecular complexity index is 792. The molecule has 2 rings (SSSR count). The van der Waals surface area contributed by atoms with Crippen molar-refractivity contribution < 1.29 is 19.2 Å². The van der Waals surface area contributed by atoms with Crippen LogP contribution in [-0.4, -0.2) is 25.1 Å². The van der Waals surface area contributed by atoms with E-state index in [2.05, 4.69) is 5.32 Å². The van der Waals surface area contributed by atoms with Gasteiger partial charge in [0.05, 0.1) is 26.4 Å². The number of benzene rings is 1. The summed E-state index contributed by atoms with van der Waals surface area (Å²) in [6.07, 6.45) is 2.56. The van der Waals surface area contributed by atoms with Gasteiger partial charge in [0, 0.05) is 17.2 Å². The van der Waals surface area contributed by atoms with Gasteiger partial charge in [-0.15, -0.1) is 0 Å². The smallest absolute Gasteiger partial charge is 0.360 e. The highest BCUT2D eigenvalue weighted by Crippen LogP contribution is 2.21. The van der Waals surface area contributed by atoms with Gasteiger partial charge in [-0.3, -0.25) is 4.79 Å². The lowest BCUT2D eigenvalue weighted by atomic mass is 10.1. The van der Waals surface area contributed by atoms with Crippen LogP contribution in [0, 0.1) is 0 Å². The molecule has 1 atom stereocenters. The fourth-order valence-corrected chi connectivity index (χ4v) is 2.07. The van der Waals surface area contributed by atoms with Crippen LogP contribution in [0.3, 0.4) is 0 Å². The number of amides is 1. The van der Waals surface area contributed by atoms with Crippen molar-refractivity contribution in [1.29, 1.82) is 0 Å². The number of nitrogens with one attached hydrogen (secondary N) is 2. The Morgan fingerprint density at radius 1 is 1.29 bits per heavy atom. The van der Waals surface area contributed by atoms with Crippen LogP contribution in [-0.2, 0) is 0 Å². The second-order valence-corrected chi connectivity index (χ2v) is 5.67. The van der Waals surface area contributed by atoms with Crippen molar-refractivity contribution in [3.8, 4) is 0 Å². The summed E-state index contributed by atoms with van der Waals surface area (Å²) in [7, 11) is 3.82. The molecule has 126 valence electrons. The van der Waals surface area contributed by atoms with E-state index in [0.29, 0.717) is 11.1 Å². The molecule has 0 aliphatic heterocycles. The maximum atomic E-state index is 12.2. The number of rotatable bonds is 5. The number of anilines is 1. The number of quaternary nitrogens is 1. The van der Waals surface area contributed by atoms with Gasteiger partial charge < -0.3 is 19.7 Å². The first kappa shape index (κ1) is 17.7. The van der Waals surface area contributed by atoms with Gasteiger partial charge in [0.2, 0.25) is 0 Å². The monoisotopic (exact) mass is 329 g/mol. The van der Waals surface area contributed by atoms with Crippen LogP contribution >= 0.6 is 0 Å². The number of aliphatic hydroxyl groups is 1. The van der Waals surface area contributed by atoms with E-state index in [1.54, 1.807) is 49.5 Å². The van der Waals surface area contributed by atoms with Crippen LogP contribution in [0.1, 0.15) is 34.7 Å². The molecule has 1 aromatic carbocycles. The molecule has 0 fully saturated rings. The Balaban J connectivity index is 2.36. The molecular formula is C18H21N2O4+. The minimum absolute atomic E-state index is 0.00546. The van der Waals surface area contributed by atoms with E-state index >= 15 is 0 Å². The molecule has 0 saturated heterocycles. The summed E-state index contributed by atoms with van der Waals surface area (Å²) >= 11 is 0. The highest BCUT2D eigenvalue weighted by molar-refractivity contribution is 6.04. The molecule has 0 aliphatic carbocycles. The predicted molar refractivity (Wildman–Crippen MR) is 91.9 cm³/mol. The molecule has 6 heteroatoms. The Labute approximate surface area is 140 Å². The summed E-state index contributed by atoms with van der Waals surface area (Å²) in [6, 6.07) is 9.99. The van der Waals surface area contributed by atoms with Crippen molar-refractivity contribution in [2.45, 2.75) is 13.0 Å². The van der Waals surface area contributed by atoms with Crippen LogP contribution < -0.4 is 15.8 Å². The van der Waals surface area contributed by atoms with E-state index in [0.717, 1.165) is 4.90 Å². The number of carbonyl (C=O) groups excluding carboxylic acids is 1. The van der Waals surface area contributed by atoms with Gasteiger partial charge in [0.1, 0.15) is 11.4 Å². The summed E-state index contributed by atoms with van der Waals surface area (Å²) in [5, 5.41) is 12.4. The molecule has 3 N–H and O–H groups in total. The third-order valence-electron chi connectivity index (χ3n) is 3.31. The Morgan fingerprint density at radius 2 is 1.96 bits per heavy atom. The average Bonchev–Trinajstić information content (AvgIpc) is 2.55. The summed E-state index contributed by atoms with van der Waals surface area (Å²) < 4.78 is 5.26. The Morgan fingerprint density at radius 3 is 2.54 bits per heavy atom. The van der Waals surface area contributed by atoms with Crippen molar-refractivity contribution >= 4 is 17.7 Å². The minimum atomic E-state index is -0.849. The number of hydrogen-bond acceptors (Lipinski definition) is 4. The SMILES string of the molecule is C[C@H](O)c1cc(NC(=O)c2ccccc2)c(=O)oc1/C=C/[NH+](C)C. The molecule has 1 aromatic heterocycles. The van der Waals surface area contributed by atoms with Crippen molar-refractivity contribution in [3.63, 3.8) is 0 Å². The molecule has 0 unspecified atom stereocenters. The lowest BCUT2D eigenvalue weighted by molar-refractivity contribution is -0.800. The molecule has 0 spiro atoms. The van der Waals surface area contributed by atoms with Crippen molar-refractivity contribution in [2.24, 2.45) is 0 Å². The molecule has 2 aromatic rings. The van der Waals surface area contributed by atoms with Crippen molar-refractivity contribution in [3.05, 3.63) is 69.9 Å². The summed E-state index contributed by atoms with van der Waals surface area (Å²) in [5.74, 6) is -0.144. The largest absolute Gasteiger partial charge is 0.421 e. The predicted octanol–water partition coefficient (Wildman–Crippen LogP) is 1.06. The summed E-state index contributed by atoms with van der Waals surface area (Å²) in [4.78, 5) is 25.3. The topological polar surface area (TPSA) is 84.0 Å². The quantitative estimate of drug-likeness (QED) is 0.766. The Kier molecular flexibility index (Phi) is 5.68. The van der Waals surface area contributed by atoms with Gasteiger partial charge in [-0.1, -0.05) is 18.2 Å². The summed E-state index contributed by atoms with van der Waals surface area (Å²) in [6.45, 7) is 1.57. The minimum Gasteiger partial charge on any atom is -0.421 e. The first-order chi connectivity index (χ1) is 11.4. The molecule has 1 heterocycles. The zero-order valence-corrected chi connectivity index (χ0v) is 13.9.